The van der Waals surface area contributed by atoms with Crippen molar-refractivity contribution in [3.63, 3.8) is 0 Å². The predicted molar refractivity (Wildman–Crippen MR) is 106 cm³/mol. The number of anilines is 2. The summed E-state index contributed by atoms with van der Waals surface area (Å²) in [6.45, 7) is 8.71. The van der Waals surface area contributed by atoms with Gasteiger partial charge in [-0.25, -0.2) is 4.98 Å². The minimum Gasteiger partial charge on any atom is -0.378 e. The van der Waals surface area contributed by atoms with Crippen LogP contribution in [0.15, 0.2) is 24.4 Å². The number of nitrogens with zero attached hydrogens (tertiary/aromatic N) is 5. The van der Waals surface area contributed by atoms with Gasteiger partial charge in [0.15, 0.2) is 0 Å². The Hall–Kier alpha value is -1.70. The van der Waals surface area contributed by atoms with E-state index in [2.05, 4.69) is 45.8 Å². The average Bonchev–Trinajstić information content (AvgIpc) is 3.31. The Labute approximate surface area is 159 Å². The number of hydrogen-bond acceptors (Lipinski definition) is 7. The van der Waals surface area contributed by atoms with Crippen molar-refractivity contribution in [1.29, 1.82) is 0 Å². The number of likely N-dealkylation sites (tertiary alicyclic amines) is 1. The van der Waals surface area contributed by atoms with Gasteiger partial charge in [-0.15, -0.1) is 11.3 Å². The lowest BCUT2D eigenvalue weighted by molar-refractivity contribution is 0.122. The lowest BCUT2D eigenvalue weighted by Gasteiger charge is -2.29. The average molecular weight is 374 g/mol. The van der Waals surface area contributed by atoms with Crippen LogP contribution in [-0.2, 0) is 11.3 Å². The standard InChI is InChI=1S/C19H27N5OS/c1-15-3-4-17(26-15)14-23-8-6-16(13-23)22(2)18-5-7-20-19(21-18)24-9-11-25-12-10-24/h3-5,7,16H,6,8-14H2,1-2H3. The molecule has 6 nitrogen and oxygen atoms in total. The van der Waals surface area contributed by atoms with E-state index in [1.165, 1.54) is 16.2 Å². The number of aryl methyl sites for hydroxylation is 1. The summed E-state index contributed by atoms with van der Waals surface area (Å²) in [7, 11) is 2.16. The summed E-state index contributed by atoms with van der Waals surface area (Å²) in [5.74, 6) is 1.84. The maximum atomic E-state index is 5.43. The maximum absolute atomic E-state index is 5.43. The van der Waals surface area contributed by atoms with Crippen molar-refractivity contribution < 1.29 is 4.74 Å². The molecule has 0 aromatic carbocycles. The lowest BCUT2D eigenvalue weighted by Crippen LogP contribution is -2.38. The third-order valence-electron chi connectivity index (χ3n) is 5.25. The zero-order valence-electron chi connectivity index (χ0n) is 15.6. The largest absolute Gasteiger partial charge is 0.378 e. The fourth-order valence-electron chi connectivity index (χ4n) is 3.70. The highest BCUT2D eigenvalue weighted by atomic mass is 32.1. The minimum absolute atomic E-state index is 0.503. The summed E-state index contributed by atoms with van der Waals surface area (Å²) >= 11 is 1.91. The molecule has 2 aliphatic rings. The molecule has 26 heavy (non-hydrogen) atoms. The summed E-state index contributed by atoms with van der Waals surface area (Å²) in [6, 6.07) is 7.00. The van der Waals surface area contributed by atoms with Crippen LogP contribution < -0.4 is 9.80 Å². The highest BCUT2D eigenvalue weighted by molar-refractivity contribution is 7.11. The Bertz CT molecular complexity index is 730. The van der Waals surface area contributed by atoms with Gasteiger partial charge in [-0.2, -0.15) is 4.98 Å². The number of ether oxygens (including phenoxy) is 1. The van der Waals surface area contributed by atoms with Crippen molar-refractivity contribution >= 4 is 23.1 Å². The number of thiophene rings is 1. The van der Waals surface area contributed by atoms with E-state index in [9.17, 15) is 0 Å². The third-order valence-corrected chi connectivity index (χ3v) is 6.24. The normalized spacial score (nSPS) is 21.3. The quantitative estimate of drug-likeness (QED) is 0.802. The van der Waals surface area contributed by atoms with Gasteiger partial charge in [0.1, 0.15) is 5.82 Å². The van der Waals surface area contributed by atoms with Crippen molar-refractivity contribution in [2.45, 2.75) is 25.9 Å². The Morgan fingerprint density at radius 3 is 2.85 bits per heavy atom. The number of rotatable bonds is 5. The predicted octanol–water partition coefficient (Wildman–Crippen LogP) is 2.39. The first-order valence-corrected chi connectivity index (χ1v) is 10.2. The number of likely N-dealkylation sites (N-methyl/N-ethyl adjacent to an activating group) is 1. The van der Waals surface area contributed by atoms with E-state index in [1.807, 2.05) is 23.6 Å². The van der Waals surface area contributed by atoms with Crippen molar-refractivity contribution in [3.05, 3.63) is 34.2 Å². The van der Waals surface area contributed by atoms with Gasteiger partial charge in [0.05, 0.1) is 13.2 Å². The van der Waals surface area contributed by atoms with Crippen LogP contribution in [0.2, 0.25) is 0 Å². The highest BCUT2D eigenvalue weighted by Gasteiger charge is 2.27. The van der Waals surface area contributed by atoms with E-state index in [-0.39, 0.29) is 0 Å². The van der Waals surface area contributed by atoms with E-state index in [4.69, 9.17) is 9.72 Å². The number of hydrogen-bond donors (Lipinski definition) is 0. The van der Waals surface area contributed by atoms with Gasteiger partial charge < -0.3 is 14.5 Å². The Kier molecular flexibility index (Phi) is 5.38. The molecule has 2 aromatic rings. The second kappa shape index (κ2) is 7.90. The van der Waals surface area contributed by atoms with E-state index in [0.29, 0.717) is 6.04 Å². The lowest BCUT2D eigenvalue weighted by atomic mass is 10.2. The first kappa shape index (κ1) is 17.7. The van der Waals surface area contributed by atoms with Crippen LogP contribution in [-0.4, -0.2) is 67.4 Å². The van der Waals surface area contributed by atoms with Crippen molar-refractivity contribution in [1.82, 2.24) is 14.9 Å². The van der Waals surface area contributed by atoms with Gasteiger partial charge in [-0.05, 0) is 31.5 Å². The van der Waals surface area contributed by atoms with Crippen molar-refractivity contribution in [2.75, 3.05) is 56.2 Å². The molecule has 0 spiro atoms. The van der Waals surface area contributed by atoms with Gasteiger partial charge in [-0.3, -0.25) is 4.90 Å². The van der Waals surface area contributed by atoms with Gasteiger partial charge in [-0.1, -0.05) is 0 Å². The van der Waals surface area contributed by atoms with E-state index < -0.39 is 0 Å². The van der Waals surface area contributed by atoms with Gasteiger partial charge in [0.25, 0.3) is 0 Å². The van der Waals surface area contributed by atoms with Crippen molar-refractivity contribution in [3.8, 4) is 0 Å². The van der Waals surface area contributed by atoms with Crippen LogP contribution >= 0.6 is 11.3 Å². The molecule has 0 radical (unpaired) electrons. The third kappa shape index (κ3) is 4.00. The Morgan fingerprint density at radius 1 is 1.23 bits per heavy atom. The smallest absolute Gasteiger partial charge is 0.227 e. The molecule has 140 valence electrons. The molecule has 2 aliphatic heterocycles. The monoisotopic (exact) mass is 373 g/mol. The van der Waals surface area contributed by atoms with E-state index in [1.54, 1.807) is 0 Å². The maximum Gasteiger partial charge on any atom is 0.227 e. The fourth-order valence-corrected chi connectivity index (χ4v) is 4.63. The summed E-state index contributed by atoms with van der Waals surface area (Å²) in [5.41, 5.74) is 0. The second-order valence-corrected chi connectivity index (χ2v) is 8.49. The summed E-state index contributed by atoms with van der Waals surface area (Å²) in [6.07, 6.45) is 3.06. The number of morpholine rings is 1. The number of aromatic nitrogens is 2. The van der Waals surface area contributed by atoms with Gasteiger partial charge in [0.2, 0.25) is 5.95 Å². The fraction of sp³-hybridized carbons (Fsp3) is 0.579. The molecular formula is C19H27N5OS. The molecule has 0 aliphatic carbocycles. The second-order valence-electron chi connectivity index (χ2n) is 7.12. The first-order chi connectivity index (χ1) is 12.7. The summed E-state index contributed by atoms with van der Waals surface area (Å²) in [5, 5.41) is 0. The summed E-state index contributed by atoms with van der Waals surface area (Å²) < 4.78 is 5.43. The molecule has 4 heterocycles. The first-order valence-electron chi connectivity index (χ1n) is 9.35. The van der Waals surface area contributed by atoms with Crippen LogP contribution in [0.1, 0.15) is 16.2 Å². The highest BCUT2D eigenvalue weighted by Crippen LogP contribution is 2.24. The van der Waals surface area contributed by atoms with Crippen LogP contribution in [0.4, 0.5) is 11.8 Å². The zero-order chi connectivity index (χ0) is 17.9. The molecule has 7 heteroatoms. The molecule has 0 saturated carbocycles. The molecule has 2 fully saturated rings. The minimum atomic E-state index is 0.503. The summed E-state index contributed by atoms with van der Waals surface area (Å²) in [4.78, 5) is 19.2. The van der Waals surface area contributed by atoms with E-state index in [0.717, 1.165) is 57.7 Å². The Morgan fingerprint density at radius 2 is 2.08 bits per heavy atom. The van der Waals surface area contributed by atoms with Crippen LogP contribution in [0.5, 0.6) is 0 Å². The molecule has 1 atom stereocenters. The Balaban J connectivity index is 1.39. The molecule has 4 rings (SSSR count). The molecule has 0 N–H and O–H groups in total. The van der Waals surface area contributed by atoms with E-state index >= 15 is 0 Å². The molecule has 2 saturated heterocycles. The van der Waals surface area contributed by atoms with Crippen LogP contribution in [0.3, 0.4) is 0 Å². The topological polar surface area (TPSA) is 44.7 Å². The zero-order valence-corrected chi connectivity index (χ0v) is 16.4. The molecule has 0 amide bonds. The van der Waals surface area contributed by atoms with Crippen LogP contribution in [0.25, 0.3) is 0 Å². The molecular weight excluding hydrogens is 346 g/mol. The van der Waals surface area contributed by atoms with Gasteiger partial charge in [0, 0.05) is 61.8 Å². The van der Waals surface area contributed by atoms with Crippen molar-refractivity contribution in [2.24, 2.45) is 0 Å². The molecule has 1 unspecified atom stereocenters. The van der Waals surface area contributed by atoms with Gasteiger partial charge >= 0.3 is 0 Å². The SMILES string of the molecule is Cc1ccc(CN2CCC(N(C)c3ccnc(N4CCOCC4)n3)C2)s1. The molecule has 2 aromatic heterocycles. The molecule has 0 bridgehead atoms. The van der Waals surface area contributed by atoms with Crippen LogP contribution in [0, 0.1) is 6.92 Å².